The Balaban J connectivity index is 1.55. The molecule has 0 radical (unpaired) electrons. The predicted molar refractivity (Wildman–Crippen MR) is 88.7 cm³/mol. The fourth-order valence-electron chi connectivity index (χ4n) is 1.79. The third-order valence-electron chi connectivity index (χ3n) is 2.92. The van der Waals surface area contributed by atoms with E-state index in [-0.39, 0.29) is 0 Å². The van der Waals surface area contributed by atoms with E-state index in [0.29, 0.717) is 11.7 Å². The smallest absolute Gasteiger partial charge is 0.204 e. The first-order chi connectivity index (χ1) is 10.7. The third-order valence-corrected chi connectivity index (χ3v) is 4.76. The number of aromatic nitrogens is 4. The van der Waals surface area contributed by atoms with Crippen LogP contribution in [0.5, 0.6) is 0 Å². The number of thioether (sulfide) groups is 1. The summed E-state index contributed by atoms with van der Waals surface area (Å²) in [5.74, 6) is 4.34. The Labute approximate surface area is 137 Å². The Hall–Kier alpha value is -1.73. The molecule has 0 unspecified atom stereocenters. The molecule has 0 bridgehead atoms. The van der Waals surface area contributed by atoms with Gasteiger partial charge in [-0.1, -0.05) is 13.8 Å². The predicted octanol–water partition coefficient (Wildman–Crippen LogP) is 4.14. The van der Waals surface area contributed by atoms with Crippen LogP contribution in [0, 0.1) is 0 Å². The largest absolute Gasteiger partial charge is 0.445 e. The standard InChI is InChI=1S/C15H16N4OS2/c1-10(2)12-6-18-13(20-12)9-21-7-11-8-22-15(19-11)14-16-4-3-5-17-14/h3-6,8,10H,7,9H2,1-2H3. The van der Waals surface area contributed by atoms with Crippen molar-refractivity contribution in [3.8, 4) is 10.8 Å². The fourth-order valence-corrected chi connectivity index (χ4v) is 3.42. The molecule has 0 amide bonds. The van der Waals surface area contributed by atoms with Crippen molar-refractivity contribution < 1.29 is 4.42 Å². The maximum absolute atomic E-state index is 5.69. The minimum Gasteiger partial charge on any atom is -0.445 e. The van der Waals surface area contributed by atoms with Crippen LogP contribution in [0.1, 0.15) is 37.1 Å². The monoisotopic (exact) mass is 332 g/mol. The average Bonchev–Trinajstić information content (AvgIpc) is 3.18. The molecule has 0 aliphatic rings. The first-order valence-electron chi connectivity index (χ1n) is 6.96. The summed E-state index contributed by atoms with van der Waals surface area (Å²) in [7, 11) is 0. The molecule has 0 aliphatic heterocycles. The van der Waals surface area contributed by atoms with Crippen molar-refractivity contribution in [2.45, 2.75) is 31.3 Å². The van der Waals surface area contributed by atoms with Gasteiger partial charge < -0.3 is 4.42 Å². The number of rotatable bonds is 6. The summed E-state index contributed by atoms with van der Waals surface area (Å²) in [6.45, 7) is 4.19. The number of oxazole rings is 1. The lowest BCUT2D eigenvalue weighted by Crippen LogP contribution is -1.87. The maximum Gasteiger partial charge on any atom is 0.204 e. The van der Waals surface area contributed by atoms with Gasteiger partial charge in [-0.25, -0.2) is 19.9 Å². The minimum atomic E-state index is 0.373. The van der Waals surface area contributed by atoms with E-state index in [1.54, 1.807) is 41.6 Å². The SMILES string of the molecule is CC(C)c1cnc(CSCc2csc(-c3ncccn3)n2)o1. The molecule has 0 atom stereocenters. The van der Waals surface area contributed by atoms with Crippen molar-refractivity contribution in [3.05, 3.63) is 47.4 Å². The Bertz CT molecular complexity index is 724. The summed E-state index contributed by atoms with van der Waals surface area (Å²) in [5.41, 5.74) is 1.04. The third kappa shape index (κ3) is 3.72. The molecule has 0 N–H and O–H groups in total. The van der Waals surface area contributed by atoms with Crippen LogP contribution in [0.25, 0.3) is 10.8 Å². The van der Waals surface area contributed by atoms with Gasteiger partial charge in [0.05, 0.1) is 17.6 Å². The molecular weight excluding hydrogens is 316 g/mol. The lowest BCUT2D eigenvalue weighted by atomic mass is 10.2. The molecule has 7 heteroatoms. The summed E-state index contributed by atoms with van der Waals surface area (Å²) in [6.07, 6.45) is 5.27. The molecule has 3 rings (SSSR count). The molecule has 0 spiro atoms. The molecule has 3 heterocycles. The van der Waals surface area contributed by atoms with Gasteiger partial charge in [0.2, 0.25) is 5.89 Å². The maximum atomic E-state index is 5.69. The second kappa shape index (κ2) is 7.02. The van der Waals surface area contributed by atoms with Crippen molar-refractivity contribution >= 4 is 23.1 Å². The summed E-state index contributed by atoms with van der Waals surface area (Å²) in [5, 5.41) is 2.91. The molecule has 5 nitrogen and oxygen atoms in total. The van der Waals surface area contributed by atoms with Crippen molar-refractivity contribution in [1.82, 2.24) is 19.9 Å². The summed E-state index contributed by atoms with van der Waals surface area (Å²) < 4.78 is 5.69. The molecule has 3 aromatic heterocycles. The highest BCUT2D eigenvalue weighted by atomic mass is 32.2. The highest BCUT2D eigenvalue weighted by molar-refractivity contribution is 7.97. The summed E-state index contributed by atoms with van der Waals surface area (Å²) >= 11 is 3.31. The average molecular weight is 332 g/mol. The van der Waals surface area contributed by atoms with E-state index in [1.807, 2.05) is 11.6 Å². The quantitative estimate of drug-likeness (QED) is 0.676. The van der Waals surface area contributed by atoms with Crippen LogP contribution in [0.2, 0.25) is 0 Å². The number of hydrogen-bond acceptors (Lipinski definition) is 7. The number of thiazole rings is 1. The van der Waals surface area contributed by atoms with Crippen LogP contribution in [-0.4, -0.2) is 19.9 Å². The van der Waals surface area contributed by atoms with Crippen LogP contribution in [-0.2, 0) is 11.5 Å². The molecule has 22 heavy (non-hydrogen) atoms. The van der Waals surface area contributed by atoms with Gasteiger partial charge in [-0.2, -0.15) is 0 Å². The Morgan fingerprint density at radius 3 is 2.73 bits per heavy atom. The second-order valence-corrected chi connectivity index (χ2v) is 6.86. The van der Waals surface area contributed by atoms with Crippen molar-refractivity contribution in [2.24, 2.45) is 0 Å². The molecular formula is C15H16N4OS2. The fraction of sp³-hybridized carbons (Fsp3) is 0.333. The topological polar surface area (TPSA) is 64.7 Å². The van der Waals surface area contributed by atoms with Gasteiger partial charge in [0.15, 0.2) is 10.8 Å². The van der Waals surface area contributed by atoms with Crippen molar-refractivity contribution in [3.63, 3.8) is 0 Å². The van der Waals surface area contributed by atoms with E-state index in [0.717, 1.165) is 33.9 Å². The van der Waals surface area contributed by atoms with Crippen LogP contribution in [0.4, 0.5) is 0 Å². The van der Waals surface area contributed by atoms with Crippen LogP contribution in [0.15, 0.2) is 34.5 Å². The lowest BCUT2D eigenvalue weighted by Gasteiger charge is -1.98. The molecule has 0 saturated heterocycles. The Kier molecular flexibility index (Phi) is 4.84. The van der Waals surface area contributed by atoms with Gasteiger partial charge in [0, 0.05) is 29.4 Å². The van der Waals surface area contributed by atoms with E-state index < -0.39 is 0 Å². The second-order valence-electron chi connectivity index (χ2n) is 5.02. The van der Waals surface area contributed by atoms with Gasteiger partial charge in [0.1, 0.15) is 5.76 Å². The summed E-state index contributed by atoms with van der Waals surface area (Å²) in [6, 6.07) is 1.80. The molecule has 114 valence electrons. The Morgan fingerprint density at radius 2 is 2.00 bits per heavy atom. The van der Waals surface area contributed by atoms with E-state index >= 15 is 0 Å². The summed E-state index contributed by atoms with van der Waals surface area (Å²) in [4.78, 5) is 17.3. The number of hydrogen-bond donors (Lipinski definition) is 0. The molecule has 0 aliphatic carbocycles. The number of nitrogens with zero attached hydrogens (tertiary/aromatic N) is 4. The normalized spacial score (nSPS) is 11.2. The van der Waals surface area contributed by atoms with E-state index in [9.17, 15) is 0 Å². The Morgan fingerprint density at radius 1 is 1.18 bits per heavy atom. The first kappa shape index (κ1) is 15.2. The zero-order valence-corrected chi connectivity index (χ0v) is 14.0. The van der Waals surface area contributed by atoms with Gasteiger partial charge in [0.25, 0.3) is 0 Å². The van der Waals surface area contributed by atoms with Gasteiger partial charge >= 0.3 is 0 Å². The zero-order valence-electron chi connectivity index (χ0n) is 12.4. The lowest BCUT2D eigenvalue weighted by molar-refractivity contribution is 0.454. The van der Waals surface area contributed by atoms with Crippen LogP contribution >= 0.6 is 23.1 Å². The highest BCUT2D eigenvalue weighted by Crippen LogP contribution is 2.24. The van der Waals surface area contributed by atoms with Crippen molar-refractivity contribution in [2.75, 3.05) is 0 Å². The van der Waals surface area contributed by atoms with Gasteiger partial charge in [-0.05, 0) is 6.07 Å². The van der Waals surface area contributed by atoms with Gasteiger partial charge in [-0.3, -0.25) is 0 Å². The first-order valence-corrected chi connectivity index (χ1v) is 9.00. The van der Waals surface area contributed by atoms with E-state index in [2.05, 4.69) is 33.8 Å². The van der Waals surface area contributed by atoms with Crippen LogP contribution in [0.3, 0.4) is 0 Å². The van der Waals surface area contributed by atoms with Gasteiger partial charge in [-0.15, -0.1) is 23.1 Å². The van der Waals surface area contributed by atoms with E-state index in [1.165, 1.54) is 0 Å². The van der Waals surface area contributed by atoms with Crippen molar-refractivity contribution in [1.29, 1.82) is 0 Å². The molecule has 0 saturated carbocycles. The molecule has 0 aromatic carbocycles. The highest BCUT2D eigenvalue weighted by Gasteiger charge is 2.09. The van der Waals surface area contributed by atoms with E-state index in [4.69, 9.17) is 4.42 Å². The van der Waals surface area contributed by atoms with Crippen LogP contribution < -0.4 is 0 Å². The zero-order chi connectivity index (χ0) is 15.4. The minimum absolute atomic E-state index is 0.373. The molecule has 3 aromatic rings. The molecule has 0 fully saturated rings.